The summed E-state index contributed by atoms with van der Waals surface area (Å²) in [6.07, 6.45) is -4.55. The highest BCUT2D eigenvalue weighted by molar-refractivity contribution is 8.00. The second-order valence-electron chi connectivity index (χ2n) is 6.24. The van der Waals surface area contributed by atoms with Crippen molar-refractivity contribution < 1.29 is 31.5 Å². The number of nitrogens with one attached hydrogen (secondary N) is 1. The van der Waals surface area contributed by atoms with Gasteiger partial charge in [0.2, 0.25) is 5.91 Å². The summed E-state index contributed by atoms with van der Waals surface area (Å²) in [5.41, 5.74) is -0.372. The van der Waals surface area contributed by atoms with Gasteiger partial charge < -0.3 is 15.0 Å². The predicted octanol–water partition coefficient (Wildman–Crippen LogP) is 4.55. The van der Waals surface area contributed by atoms with Gasteiger partial charge in [-0.15, -0.1) is 11.8 Å². The molecular weight excluding hydrogens is 415 g/mol. The van der Waals surface area contributed by atoms with Crippen molar-refractivity contribution in [1.82, 2.24) is 0 Å². The van der Waals surface area contributed by atoms with E-state index < -0.39 is 29.3 Å². The molecule has 1 N–H and O–H groups in total. The van der Waals surface area contributed by atoms with Gasteiger partial charge in [-0.25, -0.2) is 8.78 Å². The summed E-state index contributed by atoms with van der Waals surface area (Å²) < 4.78 is 70.8. The van der Waals surface area contributed by atoms with Crippen LogP contribution in [0.15, 0.2) is 41.3 Å². The van der Waals surface area contributed by atoms with Gasteiger partial charge in [-0.3, -0.25) is 4.79 Å². The predicted molar refractivity (Wildman–Crippen MR) is 100 cm³/mol. The molecule has 0 aromatic heterocycles. The summed E-state index contributed by atoms with van der Waals surface area (Å²) in [4.78, 5) is 14.5. The molecule has 29 heavy (non-hydrogen) atoms. The number of rotatable bonds is 5. The van der Waals surface area contributed by atoms with Crippen LogP contribution in [0.25, 0.3) is 0 Å². The van der Waals surface area contributed by atoms with E-state index in [-0.39, 0.29) is 11.4 Å². The quantitative estimate of drug-likeness (QED) is 0.556. The number of carbonyl (C=O) groups is 1. The van der Waals surface area contributed by atoms with Crippen molar-refractivity contribution >= 4 is 29.0 Å². The molecule has 0 radical (unpaired) electrons. The van der Waals surface area contributed by atoms with Crippen molar-refractivity contribution in [3.63, 3.8) is 0 Å². The first-order valence-corrected chi connectivity index (χ1v) is 9.64. The summed E-state index contributed by atoms with van der Waals surface area (Å²) in [5.74, 6) is -2.78. The fraction of sp³-hybridized carbons (Fsp3) is 0.316. The molecule has 1 heterocycles. The number of thioether (sulfide) groups is 1. The molecule has 4 nitrogen and oxygen atoms in total. The molecule has 3 rings (SSSR count). The highest BCUT2D eigenvalue weighted by Gasteiger charge is 2.32. The molecule has 1 aliphatic rings. The molecule has 1 amide bonds. The Labute approximate surface area is 168 Å². The minimum Gasteiger partial charge on any atom is -0.378 e. The lowest BCUT2D eigenvalue weighted by atomic mass is 10.1. The molecule has 2 aromatic carbocycles. The standard InChI is InChI=1S/C19H17F5N2O2S/c20-14-3-2-13(10-15(14)21)29-11-18(27)25-16-9-12(19(22,23)24)1-4-17(16)26-5-7-28-8-6-26/h1-4,9-10H,5-8,11H2,(H,25,27). The van der Waals surface area contributed by atoms with E-state index in [9.17, 15) is 26.7 Å². The minimum atomic E-state index is -4.55. The van der Waals surface area contributed by atoms with E-state index in [1.165, 1.54) is 12.1 Å². The summed E-state index contributed by atoms with van der Waals surface area (Å²) >= 11 is 0.947. The lowest BCUT2D eigenvalue weighted by Crippen LogP contribution is -2.37. The molecule has 0 saturated carbocycles. The van der Waals surface area contributed by atoms with Crippen molar-refractivity contribution in [2.24, 2.45) is 0 Å². The monoisotopic (exact) mass is 432 g/mol. The van der Waals surface area contributed by atoms with Gasteiger partial charge in [0, 0.05) is 18.0 Å². The van der Waals surface area contributed by atoms with Crippen LogP contribution in [0.5, 0.6) is 0 Å². The Morgan fingerprint density at radius 1 is 1.07 bits per heavy atom. The van der Waals surface area contributed by atoms with Gasteiger partial charge in [0.1, 0.15) is 0 Å². The van der Waals surface area contributed by atoms with Gasteiger partial charge in [0.25, 0.3) is 0 Å². The van der Waals surface area contributed by atoms with Crippen LogP contribution in [0.2, 0.25) is 0 Å². The van der Waals surface area contributed by atoms with Crippen LogP contribution in [-0.4, -0.2) is 38.0 Å². The molecule has 1 saturated heterocycles. The average Bonchev–Trinajstić information content (AvgIpc) is 2.69. The molecular formula is C19H17F5N2O2S. The summed E-state index contributed by atoms with van der Waals surface area (Å²) in [5, 5.41) is 2.51. The molecule has 0 bridgehead atoms. The summed E-state index contributed by atoms with van der Waals surface area (Å²) in [6, 6.07) is 6.41. The summed E-state index contributed by atoms with van der Waals surface area (Å²) in [7, 11) is 0. The zero-order valence-corrected chi connectivity index (χ0v) is 15.9. The Morgan fingerprint density at radius 2 is 1.79 bits per heavy atom. The highest BCUT2D eigenvalue weighted by Crippen LogP contribution is 2.36. The molecule has 0 aliphatic carbocycles. The van der Waals surface area contributed by atoms with E-state index in [0.717, 1.165) is 36.0 Å². The van der Waals surface area contributed by atoms with Crippen LogP contribution in [0.1, 0.15) is 5.56 Å². The van der Waals surface area contributed by atoms with Crippen LogP contribution < -0.4 is 10.2 Å². The maximum absolute atomic E-state index is 13.3. The number of ether oxygens (including phenoxy) is 1. The molecule has 0 unspecified atom stereocenters. The zero-order chi connectivity index (χ0) is 21.0. The molecule has 0 atom stereocenters. The van der Waals surface area contributed by atoms with Crippen molar-refractivity contribution in [2.45, 2.75) is 11.1 Å². The first-order chi connectivity index (χ1) is 13.7. The fourth-order valence-corrected chi connectivity index (χ4v) is 3.52. The van der Waals surface area contributed by atoms with E-state index >= 15 is 0 Å². The number of halogens is 5. The Kier molecular flexibility index (Phi) is 6.63. The van der Waals surface area contributed by atoms with Gasteiger partial charge in [0.05, 0.1) is 35.9 Å². The Morgan fingerprint density at radius 3 is 2.45 bits per heavy atom. The number of nitrogens with zero attached hydrogens (tertiary/aromatic N) is 1. The number of alkyl halides is 3. The van der Waals surface area contributed by atoms with Crippen molar-refractivity contribution in [3.05, 3.63) is 53.6 Å². The number of hydrogen-bond donors (Lipinski definition) is 1. The number of morpholine rings is 1. The highest BCUT2D eigenvalue weighted by atomic mass is 32.2. The Bertz CT molecular complexity index is 885. The van der Waals surface area contributed by atoms with E-state index in [0.29, 0.717) is 36.9 Å². The third-order valence-corrected chi connectivity index (χ3v) is 5.20. The third kappa shape index (κ3) is 5.60. The van der Waals surface area contributed by atoms with E-state index in [1.807, 2.05) is 4.90 Å². The largest absolute Gasteiger partial charge is 0.416 e. The minimum absolute atomic E-state index is 0.0395. The van der Waals surface area contributed by atoms with Crippen LogP contribution in [0.3, 0.4) is 0 Å². The van der Waals surface area contributed by atoms with Gasteiger partial charge in [-0.1, -0.05) is 0 Å². The zero-order valence-electron chi connectivity index (χ0n) is 15.1. The van der Waals surface area contributed by atoms with Crippen molar-refractivity contribution in [1.29, 1.82) is 0 Å². The average molecular weight is 432 g/mol. The molecule has 156 valence electrons. The Hall–Kier alpha value is -2.33. The van der Waals surface area contributed by atoms with Crippen molar-refractivity contribution in [2.75, 3.05) is 42.3 Å². The topological polar surface area (TPSA) is 41.6 Å². The number of benzene rings is 2. The molecule has 10 heteroatoms. The van der Waals surface area contributed by atoms with E-state index in [2.05, 4.69) is 5.32 Å². The van der Waals surface area contributed by atoms with Gasteiger partial charge in [-0.05, 0) is 36.4 Å². The SMILES string of the molecule is O=C(CSc1ccc(F)c(F)c1)Nc1cc(C(F)(F)F)ccc1N1CCOCC1. The molecule has 1 aliphatic heterocycles. The second kappa shape index (κ2) is 9.00. The smallest absolute Gasteiger partial charge is 0.378 e. The van der Waals surface area contributed by atoms with Gasteiger partial charge in [0.15, 0.2) is 11.6 Å². The second-order valence-corrected chi connectivity index (χ2v) is 7.29. The van der Waals surface area contributed by atoms with Gasteiger partial charge >= 0.3 is 6.18 Å². The van der Waals surface area contributed by atoms with Crippen LogP contribution in [0, 0.1) is 11.6 Å². The van der Waals surface area contributed by atoms with Crippen LogP contribution in [0.4, 0.5) is 33.3 Å². The van der Waals surface area contributed by atoms with Crippen LogP contribution in [-0.2, 0) is 15.7 Å². The normalized spacial score (nSPS) is 14.7. The fourth-order valence-electron chi connectivity index (χ4n) is 2.79. The Balaban J connectivity index is 1.75. The lowest BCUT2D eigenvalue weighted by Gasteiger charge is -2.31. The van der Waals surface area contributed by atoms with E-state index in [1.54, 1.807) is 0 Å². The lowest BCUT2D eigenvalue weighted by molar-refractivity contribution is -0.137. The van der Waals surface area contributed by atoms with Crippen LogP contribution >= 0.6 is 11.8 Å². The number of amides is 1. The third-order valence-electron chi connectivity index (χ3n) is 4.21. The number of anilines is 2. The van der Waals surface area contributed by atoms with Gasteiger partial charge in [-0.2, -0.15) is 13.2 Å². The number of hydrogen-bond acceptors (Lipinski definition) is 4. The molecule has 1 fully saturated rings. The summed E-state index contributed by atoms with van der Waals surface area (Å²) in [6.45, 7) is 1.83. The maximum Gasteiger partial charge on any atom is 0.416 e. The maximum atomic E-state index is 13.3. The van der Waals surface area contributed by atoms with E-state index in [4.69, 9.17) is 4.74 Å². The molecule has 2 aromatic rings. The first-order valence-electron chi connectivity index (χ1n) is 8.65. The first kappa shape index (κ1) is 21.4. The number of carbonyl (C=O) groups excluding carboxylic acids is 1. The van der Waals surface area contributed by atoms with Crippen molar-refractivity contribution in [3.8, 4) is 0 Å². The molecule has 0 spiro atoms.